The van der Waals surface area contributed by atoms with Crippen molar-refractivity contribution >= 4 is 33.8 Å². The number of nitrogens with zero attached hydrogens (tertiary/aromatic N) is 1. The van der Waals surface area contributed by atoms with E-state index in [1.165, 1.54) is 6.26 Å². The standard InChI is InChI=1S/C13H7Cl2NO/c14-12(10-6-7-17-13(10)15)11(8-16)9-4-2-1-3-5-9/h1-7H/b12-11-. The maximum Gasteiger partial charge on any atom is 0.201 e. The number of hydrogen-bond acceptors (Lipinski definition) is 2. The SMILES string of the molecule is N#C/C(=C(/Cl)c1ccoc1Cl)c1ccccc1. The second kappa shape index (κ2) is 5.09. The molecule has 0 amide bonds. The maximum absolute atomic E-state index is 9.17. The van der Waals surface area contributed by atoms with Gasteiger partial charge in [-0.25, -0.2) is 0 Å². The smallest absolute Gasteiger partial charge is 0.201 e. The van der Waals surface area contributed by atoms with Crippen LogP contribution in [0.15, 0.2) is 47.1 Å². The number of hydrogen-bond donors (Lipinski definition) is 0. The van der Waals surface area contributed by atoms with Crippen molar-refractivity contribution < 1.29 is 4.42 Å². The van der Waals surface area contributed by atoms with E-state index in [0.29, 0.717) is 11.1 Å². The minimum atomic E-state index is 0.179. The highest BCUT2D eigenvalue weighted by atomic mass is 35.5. The van der Waals surface area contributed by atoms with Crippen molar-refractivity contribution in [3.05, 3.63) is 59.0 Å². The van der Waals surface area contributed by atoms with Gasteiger partial charge in [0, 0.05) is 0 Å². The van der Waals surface area contributed by atoms with Crippen molar-refractivity contribution in [3.63, 3.8) is 0 Å². The van der Waals surface area contributed by atoms with Crippen molar-refractivity contribution in [2.75, 3.05) is 0 Å². The van der Waals surface area contributed by atoms with E-state index >= 15 is 0 Å². The molecule has 0 unspecified atom stereocenters. The van der Waals surface area contributed by atoms with Gasteiger partial charge in [0.1, 0.15) is 6.07 Å². The molecule has 84 valence electrons. The van der Waals surface area contributed by atoms with Gasteiger partial charge in [-0.2, -0.15) is 5.26 Å². The van der Waals surface area contributed by atoms with Crippen molar-refractivity contribution in [2.45, 2.75) is 0 Å². The number of halogens is 2. The molecule has 1 heterocycles. The van der Waals surface area contributed by atoms with Crippen LogP contribution >= 0.6 is 23.2 Å². The number of nitriles is 1. The van der Waals surface area contributed by atoms with Gasteiger partial charge in [-0.05, 0) is 23.2 Å². The van der Waals surface area contributed by atoms with Crippen LogP contribution in [0.3, 0.4) is 0 Å². The molecule has 4 heteroatoms. The van der Waals surface area contributed by atoms with Gasteiger partial charge in [0.05, 0.1) is 22.4 Å². The fourth-order valence-corrected chi connectivity index (χ4v) is 1.99. The zero-order chi connectivity index (χ0) is 12.3. The molecular weight excluding hydrogens is 257 g/mol. The Morgan fingerprint density at radius 3 is 2.41 bits per heavy atom. The van der Waals surface area contributed by atoms with Crippen LogP contribution in [0.5, 0.6) is 0 Å². The summed E-state index contributed by atoms with van der Waals surface area (Å²) < 4.78 is 4.95. The highest BCUT2D eigenvalue weighted by Crippen LogP contribution is 2.33. The number of rotatable bonds is 2. The van der Waals surface area contributed by atoms with Crippen molar-refractivity contribution in [1.82, 2.24) is 0 Å². The lowest BCUT2D eigenvalue weighted by atomic mass is 10.1. The Balaban J connectivity index is 2.57. The lowest BCUT2D eigenvalue weighted by Crippen LogP contribution is -1.84. The third kappa shape index (κ3) is 2.36. The van der Waals surface area contributed by atoms with Crippen LogP contribution in [-0.4, -0.2) is 0 Å². The number of benzene rings is 1. The van der Waals surface area contributed by atoms with Crippen LogP contribution in [0.1, 0.15) is 11.1 Å². The number of allylic oxidation sites excluding steroid dienone is 1. The third-order valence-corrected chi connectivity index (χ3v) is 2.93. The number of furan rings is 1. The van der Waals surface area contributed by atoms with E-state index in [9.17, 15) is 5.26 Å². The van der Waals surface area contributed by atoms with Crippen LogP contribution in [0.4, 0.5) is 0 Å². The van der Waals surface area contributed by atoms with Crippen molar-refractivity contribution in [3.8, 4) is 6.07 Å². The van der Waals surface area contributed by atoms with E-state index < -0.39 is 0 Å². The first-order valence-corrected chi connectivity index (χ1v) is 5.58. The minimum absolute atomic E-state index is 0.179. The summed E-state index contributed by atoms with van der Waals surface area (Å²) in [6.07, 6.45) is 1.43. The molecule has 0 radical (unpaired) electrons. The van der Waals surface area contributed by atoms with E-state index in [1.54, 1.807) is 6.07 Å². The van der Waals surface area contributed by atoms with Crippen LogP contribution in [0.25, 0.3) is 10.6 Å². The first-order chi connectivity index (χ1) is 8.24. The normalized spacial score (nSPS) is 11.8. The van der Waals surface area contributed by atoms with Crippen molar-refractivity contribution in [1.29, 1.82) is 5.26 Å². The summed E-state index contributed by atoms with van der Waals surface area (Å²) in [6, 6.07) is 12.9. The second-order valence-electron chi connectivity index (χ2n) is 3.27. The van der Waals surface area contributed by atoms with Crippen LogP contribution in [0.2, 0.25) is 5.22 Å². The van der Waals surface area contributed by atoms with Crippen LogP contribution in [-0.2, 0) is 0 Å². The van der Waals surface area contributed by atoms with E-state index in [2.05, 4.69) is 6.07 Å². The topological polar surface area (TPSA) is 36.9 Å². The first kappa shape index (κ1) is 11.8. The molecule has 0 saturated heterocycles. The van der Waals surface area contributed by atoms with Crippen LogP contribution in [0, 0.1) is 11.3 Å². The van der Waals surface area contributed by atoms with Gasteiger partial charge in [-0.1, -0.05) is 41.9 Å². The Labute approximate surface area is 109 Å². The molecule has 0 aliphatic rings. The monoisotopic (exact) mass is 263 g/mol. The highest BCUT2D eigenvalue weighted by Gasteiger charge is 2.13. The Bertz CT molecular complexity index is 593. The lowest BCUT2D eigenvalue weighted by Gasteiger charge is -2.02. The Kier molecular flexibility index (Phi) is 3.53. The summed E-state index contributed by atoms with van der Waals surface area (Å²) in [6.45, 7) is 0. The highest BCUT2D eigenvalue weighted by molar-refractivity contribution is 6.54. The summed E-state index contributed by atoms with van der Waals surface area (Å²) in [5, 5.41) is 9.64. The summed E-state index contributed by atoms with van der Waals surface area (Å²) in [5.74, 6) is 0. The molecule has 0 aliphatic heterocycles. The zero-order valence-corrected chi connectivity index (χ0v) is 10.2. The Morgan fingerprint density at radius 1 is 1.18 bits per heavy atom. The average Bonchev–Trinajstić information content (AvgIpc) is 2.77. The first-order valence-electron chi connectivity index (χ1n) is 4.82. The molecule has 2 rings (SSSR count). The fraction of sp³-hybridized carbons (Fsp3) is 0. The lowest BCUT2D eigenvalue weighted by molar-refractivity contribution is 0.569. The van der Waals surface area contributed by atoms with E-state index in [4.69, 9.17) is 27.6 Å². The van der Waals surface area contributed by atoms with Crippen LogP contribution < -0.4 is 0 Å². The molecule has 0 aliphatic carbocycles. The molecule has 0 spiro atoms. The van der Waals surface area contributed by atoms with E-state index in [-0.39, 0.29) is 10.3 Å². The largest absolute Gasteiger partial charge is 0.452 e. The Hall–Kier alpha value is -1.69. The van der Waals surface area contributed by atoms with E-state index in [0.717, 1.165) is 5.56 Å². The van der Waals surface area contributed by atoms with Gasteiger partial charge in [0.2, 0.25) is 5.22 Å². The molecule has 2 nitrogen and oxygen atoms in total. The minimum Gasteiger partial charge on any atom is -0.452 e. The molecule has 2 aromatic rings. The zero-order valence-electron chi connectivity index (χ0n) is 8.65. The molecule has 0 fully saturated rings. The fourth-order valence-electron chi connectivity index (χ4n) is 1.43. The molecule has 0 saturated carbocycles. The molecule has 0 atom stereocenters. The molecule has 17 heavy (non-hydrogen) atoms. The summed E-state index contributed by atoms with van der Waals surface area (Å²) in [4.78, 5) is 0. The summed E-state index contributed by atoms with van der Waals surface area (Å²) >= 11 is 12.0. The Morgan fingerprint density at radius 2 is 1.88 bits per heavy atom. The van der Waals surface area contributed by atoms with Gasteiger partial charge < -0.3 is 4.42 Å². The van der Waals surface area contributed by atoms with Gasteiger partial charge >= 0.3 is 0 Å². The average molecular weight is 264 g/mol. The van der Waals surface area contributed by atoms with Gasteiger partial charge in [-0.3, -0.25) is 0 Å². The van der Waals surface area contributed by atoms with Gasteiger partial charge in [0.25, 0.3) is 0 Å². The third-order valence-electron chi connectivity index (χ3n) is 2.25. The van der Waals surface area contributed by atoms with Gasteiger partial charge in [0.15, 0.2) is 0 Å². The quantitative estimate of drug-likeness (QED) is 0.745. The molecule has 1 aromatic carbocycles. The predicted molar refractivity (Wildman–Crippen MR) is 68.4 cm³/mol. The molecule has 1 aromatic heterocycles. The predicted octanol–water partition coefficient (Wildman–Crippen LogP) is 4.56. The van der Waals surface area contributed by atoms with E-state index in [1.807, 2.05) is 30.3 Å². The molecular formula is C13H7Cl2NO. The summed E-state index contributed by atoms with van der Waals surface area (Å²) in [5.41, 5.74) is 1.64. The maximum atomic E-state index is 9.17. The summed E-state index contributed by atoms with van der Waals surface area (Å²) in [7, 11) is 0. The second-order valence-corrected chi connectivity index (χ2v) is 4.00. The van der Waals surface area contributed by atoms with Gasteiger partial charge in [-0.15, -0.1) is 0 Å². The molecule has 0 bridgehead atoms. The van der Waals surface area contributed by atoms with Crippen molar-refractivity contribution in [2.24, 2.45) is 0 Å². The molecule has 0 N–H and O–H groups in total.